The number of halogens is 1. The summed E-state index contributed by atoms with van der Waals surface area (Å²) >= 11 is 1.21. The number of hydrogen-bond acceptors (Lipinski definition) is 7. The molecule has 0 aliphatic carbocycles. The van der Waals surface area contributed by atoms with Crippen LogP contribution in [-0.2, 0) is 16.1 Å². The number of fused-ring (bicyclic) bond motifs is 1. The molecule has 4 aromatic rings. The van der Waals surface area contributed by atoms with E-state index in [4.69, 9.17) is 9.47 Å². The van der Waals surface area contributed by atoms with Crippen molar-refractivity contribution in [2.75, 3.05) is 17.9 Å². The van der Waals surface area contributed by atoms with Crippen LogP contribution in [0.1, 0.15) is 34.1 Å². The van der Waals surface area contributed by atoms with E-state index in [2.05, 4.69) is 15.3 Å². The Bertz CT molecular complexity index is 1560. The number of rotatable bonds is 9. The van der Waals surface area contributed by atoms with Crippen LogP contribution in [0.25, 0.3) is 0 Å². The van der Waals surface area contributed by atoms with E-state index in [0.29, 0.717) is 27.9 Å². The Balaban J connectivity index is 1.49. The van der Waals surface area contributed by atoms with Crippen molar-refractivity contribution in [1.82, 2.24) is 14.9 Å². The van der Waals surface area contributed by atoms with Crippen molar-refractivity contribution in [3.63, 3.8) is 0 Å². The lowest BCUT2D eigenvalue weighted by atomic mass is 10.0. The number of aromatic nitrogens is 2. The molecule has 1 aliphatic heterocycles. The van der Waals surface area contributed by atoms with Crippen molar-refractivity contribution < 1.29 is 23.5 Å². The first-order valence-electron chi connectivity index (χ1n) is 13.0. The lowest BCUT2D eigenvalue weighted by Gasteiger charge is -2.32. The van der Waals surface area contributed by atoms with E-state index in [1.54, 1.807) is 18.2 Å². The van der Waals surface area contributed by atoms with E-state index >= 15 is 0 Å². The van der Waals surface area contributed by atoms with Gasteiger partial charge in [-0.3, -0.25) is 9.59 Å². The summed E-state index contributed by atoms with van der Waals surface area (Å²) in [7, 11) is 0. The van der Waals surface area contributed by atoms with Crippen molar-refractivity contribution in [3.05, 3.63) is 107 Å². The minimum Gasteiger partial charge on any atom is -0.454 e. The summed E-state index contributed by atoms with van der Waals surface area (Å²) < 4.78 is 24.8. The molecule has 3 aromatic carbocycles. The van der Waals surface area contributed by atoms with Crippen molar-refractivity contribution in [1.29, 1.82) is 0 Å². The molecule has 1 aliphatic rings. The van der Waals surface area contributed by atoms with Crippen LogP contribution in [0.4, 0.5) is 10.1 Å². The number of benzene rings is 3. The smallest absolute Gasteiger partial charge is 0.251 e. The third kappa shape index (κ3) is 6.83. The van der Waals surface area contributed by atoms with Gasteiger partial charge in [-0.15, -0.1) is 0 Å². The zero-order valence-electron chi connectivity index (χ0n) is 22.9. The third-order valence-electron chi connectivity index (χ3n) is 6.59. The first-order chi connectivity index (χ1) is 19.8. The van der Waals surface area contributed by atoms with Crippen LogP contribution < -0.4 is 14.8 Å². The number of thioether (sulfide) groups is 1. The second-order valence-electron chi connectivity index (χ2n) is 9.68. The van der Waals surface area contributed by atoms with Crippen LogP contribution in [0.3, 0.4) is 0 Å². The van der Waals surface area contributed by atoms with Gasteiger partial charge in [0.15, 0.2) is 16.7 Å². The van der Waals surface area contributed by atoms with Gasteiger partial charge in [0.2, 0.25) is 12.7 Å². The largest absolute Gasteiger partial charge is 0.454 e. The fraction of sp³-hybridized carbons (Fsp3) is 0.226. The van der Waals surface area contributed by atoms with E-state index in [0.717, 1.165) is 22.5 Å². The average molecular weight is 573 g/mol. The highest BCUT2D eigenvalue weighted by Crippen LogP contribution is 2.35. The molecule has 1 N–H and O–H groups in total. The van der Waals surface area contributed by atoms with E-state index < -0.39 is 17.8 Å². The molecule has 0 saturated heterocycles. The van der Waals surface area contributed by atoms with E-state index in [1.807, 2.05) is 51.1 Å². The second kappa shape index (κ2) is 12.4. The molecular weight excluding hydrogens is 543 g/mol. The molecule has 1 atom stereocenters. The quantitative estimate of drug-likeness (QED) is 0.201. The fourth-order valence-corrected chi connectivity index (χ4v) is 5.40. The number of nitrogens with one attached hydrogen (secondary N) is 1. The first kappa shape index (κ1) is 28.1. The monoisotopic (exact) mass is 572 g/mol. The number of aryl methyl sites for hydroxylation is 3. The minimum absolute atomic E-state index is 0.00374. The standard InChI is InChI=1S/C31H29FN4O4S/c1-19-6-4-5-7-23(19)16-36(28(37)17-41-31-33-20(2)14-21(3)34-31)29(22-8-10-24(32)11-9-22)30(38)35-25-12-13-26-27(15-25)40-18-39-26/h4-15,29H,16-18H2,1-3H3,(H,35,38)/t29-/m1/s1. The first-order valence-corrected chi connectivity index (χ1v) is 14.0. The Hall–Kier alpha value is -4.44. The number of amides is 2. The third-order valence-corrected chi connectivity index (χ3v) is 7.43. The maximum absolute atomic E-state index is 14.0. The summed E-state index contributed by atoms with van der Waals surface area (Å²) in [5, 5.41) is 3.40. The van der Waals surface area contributed by atoms with Gasteiger partial charge in [-0.25, -0.2) is 14.4 Å². The van der Waals surface area contributed by atoms with Gasteiger partial charge in [-0.05, 0) is 67.8 Å². The van der Waals surface area contributed by atoms with Gasteiger partial charge in [-0.2, -0.15) is 0 Å². The molecule has 0 radical (unpaired) electrons. The van der Waals surface area contributed by atoms with E-state index in [9.17, 15) is 14.0 Å². The number of carbonyl (C=O) groups is 2. The summed E-state index contributed by atoms with van der Waals surface area (Å²) in [6, 6.07) is 19.2. The van der Waals surface area contributed by atoms with Gasteiger partial charge in [0, 0.05) is 29.7 Å². The minimum atomic E-state index is -1.06. The molecule has 8 nitrogen and oxygen atoms in total. The maximum Gasteiger partial charge on any atom is 0.251 e. The molecule has 0 unspecified atom stereocenters. The van der Waals surface area contributed by atoms with Gasteiger partial charge in [0.05, 0.1) is 5.75 Å². The predicted octanol–water partition coefficient (Wildman–Crippen LogP) is 5.77. The lowest BCUT2D eigenvalue weighted by Crippen LogP contribution is -2.42. The van der Waals surface area contributed by atoms with Crippen LogP contribution in [0.15, 0.2) is 78.0 Å². The normalized spacial score (nSPS) is 12.6. The SMILES string of the molecule is Cc1cc(C)nc(SCC(=O)N(Cc2ccccc2C)[C@@H](C(=O)Nc2ccc3c(c2)OCO3)c2ccc(F)cc2)n1. The number of anilines is 1. The zero-order valence-corrected chi connectivity index (χ0v) is 23.7. The Labute approximate surface area is 241 Å². The molecule has 210 valence electrons. The highest BCUT2D eigenvalue weighted by molar-refractivity contribution is 7.99. The van der Waals surface area contributed by atoms with E-state index in [1.165, 1.54) is 40.9 Å². The van der Waals surface area contributed by atoms with Crippen LogP contribution >= 0.6 is 11.8 Å². The summed E-state index contributed by atoms with van der Waals surface area (Å²) in [5.41, 5.74) is 4.42. The molecule has 0 spiro atoms. The second-order valence-corrected chi connectivity index (χ2v) is 10.6. The fourth-order valence-electron chi connectivity index (χ4n) is 4.56. The Morgan fingerprint density at radius 1 is 0.951 bits per heavy atom. The molecule has 41 heavy (non-hydrogen) atoms. The molecule has 0 saturated carbocycles. The van der Waals surface area contributed by atoms with Crippen LogP contribution in [0.5, 0.6) is 11.5 Å². The highest BCUT2D eigenvalue weighted by atomic mass is 32.2. The summed E-state index contributed by atoms with van der Waals surface area (Å²) in [6.45, 7) is 5.96. The Morgan fingerprint density at radius 3 is 2.39 bits per heavy atom. The molecule has 10 heteroatoms. The predicted molar refractivity (Wildman–Crippen MR) is 154 cm³/mol. The van der Waals surface area contributed by atoms with Crippen molar-refractivity contribution in [2.45, 2.75) is 38.5 Å². The summed E-state index contributed by atoms with van der Waals surface area (Å²) in [5.74, 6) is -0.0906. The number of carbonyl (C=O) groups excluding carboxylic acids is 2. The number of hydrogen-bond donors (Lipinski definition) is 1. The van der Waals surface area contributed by atoms with Crippen LogP contribution in [0.2, 0.25) is 0 Å². The topological polar surface area (TPSA) is 93.7 Å². The maximum atomic E-state index is 14.0. The number of nitrogens with zero attached hydrogens (tertiary/aromatic N) is 3. The summed E-state index contributed by atoms with van der Waals surface area (Å²) in [6.07, 6.45) is 0. The molecule has 5 rings (SSSR count). The molecule has 2 heterocycles. The molecular formula is C31H29FN4O4S. The van der Waals surface area contributed by atoms with Gasteiger partial charge in [0.25, 0.3) is 5.91 Å². The van der Waals surface area contributed by atoms with Crippen molar-refractivity contribution in [3.8, 4) is 11.5 Å². The Morgan fingerprint density at radius 2 is 1.66 bits per heavy atom. The van der Waals surface area contributed by atoms with Crippen molar-refractivity contribution in [2.24, 2.45) is 0 Å². The number of ether oxygens (including phenoxy) is 2. The highest BCUT2D eigenvalue weighted by Gasteiger charge is 2.32. The van der Waals surface area contributed by atoms with Crippen LogP contribution in [-0.4, -0.2) is 39.2 Å². The van der Waals surface area contributed by atoms with Crippen molar-refractivity contribution >= 4 is 29.3 Å². The summed E-state index contributed by atoms with van der Waals surface area (Å²) in [4.78, 5) is 38.3. The van der Waals surface area contributed by atoms with E-state index in [-0.39, 0.29) is 25.0 Å². The van der Waals surface area contributed by atoms with Gasteiger partial charge >= 0.3 is 0 Å². The average Bonchev–Trinajstić information content (AvgIpc) is 3.41. The van der Waals surface area contributed by atoms with Gasteiger partial charge < -0.3 is 19.7 Å². The van der Waals surface area contributed by atoms with Crippen LogP contribution in [0, 0.1) is 26.6 Å². The lowest BCUT2D eigenvalue weighted by molar-refractivity contribution is -0.137. The molecule has 2 amide bonds. The molecule has 1 aromatic heterocycles. The molecule has 0 bridgehead atoms. The van der Waals surface area contributed by atoms with Gasteiger partial charge in [0.1, 0.15) is 11.9 Å². The zero-order chi connectivity index (χ0) is 28.9. The van der Waals surface area contributed by atoms with Gasteiger partial charge in [-0.1, -0.05) is 48.2 Å². The Kier molecular flexibility index (Phi) is 8.49. The molecule has 0 fully saturated rings.